The number of benzene rings is 2. The van der Waals surface area contributed by atoms with Crippen molar-refractivity contribution >= 4 is 35.0 Å². The minimum atomic E-state index is 0.405. The highest BCUT2D eigenvalue weighted by Gasteiger charge is 2.13. The predicted molar refractivity (Wildman–Crippen MR) is 99.0 cm³/mol. The number of halogens is 2. The second-order valence-corrected chi connectivity index (χ2v) is 6.98. The lowest BCUT2D eigenvalue weighted by Gasteiger charge is -1.95. The van der Waals surface area contributed by atoms with Gasteiger partial charge in [-0.1, -0.05) is 41.0 Å². The number of nitrogens with zero attached hydrogens (tertiary/aromatic N) is 4. The highest BCUT2D eigenvalue weighted by molar-refractivity contribution is 7.98. The molecular formula is C17H10Cl2N4O2S. The van der Waals surface area contributed by atoms with Crippen molar-refractivity contribution in [1.82, 2.24) is 20.4 Å². The molecule has 0 aliphatic heterocycles. The smallest absolute Gasteiger partial charge is 0.277 e. The van der Waals surface area contributed by atoms with Crippen LogP contribution in [0.3, 0.4) is 0 Å². The molecule has 0 N–H and O–H groups in total. The lowest BCUT2D eigenvalue weighted by atomic mass is 10.2. The number of aromatic nitrogens is 4. The summed E-state index contributed by atoms with van der Waals surface area (Å²) in [5.41, 5.74) is 1.57. The first-order valence-corrected chi connectivity index (χ1v) is 9.22. The molecule has 0 amide bonds. The second-order valence-electron chi connectivity index (χ2n) is 5.18. The number of rotatable bonds is 5. The summed E-state index contributed by atoms with van der Waals surface area (Å²) in [6, 6.07) is 14.4. The molecule has 4 rings (SSSR count). The third kappa shape index (κ3) is 3.90. The fraction of sp³-hybridized carbons (Fsp3) is 0.0588. The van der Waals surface area contributed by atoms with Gasteiger partial charge < -0.3 is 8.83 Å². The van der Waals surface area contributed by atoms with Crippen molar-refractivity contribution in [2.24, 2.45) is 0 Å². The summed E-state index contributed by atoms with van der Waals surface area (Å²) in [5, 5.41) is 17.8. The second kappa shape index (κ2) is 7.49. The van der Waals surface area contributed by atoms with Gasteiger partial charge in [0.05, 0.1) is 5.75 Å². The molecule has 130 valence electrons. The van der Waals surface area contributed by atoms with Crippen LogP contribution in [0.4, 0.5) is 0 Å². The fourth-order valence-corrected chi connectivity index (χ4v) is 3.07. The van der Waals surface area contributed by atoms with E-state index in [1.807, 2.05) is 24.3 Å². The monoisotopic (exact) mass is 404 g/mol. The summed E-state index contributed by atoms with van der Waals surface area (Å²) >= 11 is 13.2. The van der Waals surface area contributed by atoms with Crippen LogP contribution in [-0.2, 0) is 5.75 Å². The van der Waals surface area contributed by atoms with E-state index >= 15 is 0 Å². The molecule has 0 saturated carbocycles. The van der Waals surface area contributed by atoms with Crippen LogP contribution in [0.5, 0.6) is 0 Å². The Kier molecular flexibility index (Phi) is 4.92. The summed E-state index contributed by atoms with van der Waals surface area (Å²) in [7, 11) is 0. The van der Waals surface area contributed by atoms with Gasteiger partial charge in [-0.2, -0.15) is 0 Å². The largest absolute Gasteiger partial charge is 0.420 e. The lowest BCUT2D eigenvalue weighted by molar-refractivity contribution is 0.464. The van der Waals surface area contributed by atoms with Crippen LogP contribution in [0.2, 0.25) is 10.0 Å². The molecule has 0 radical (unpaired) electrons. The number of hydrogen-bond donors (Lipinski definition) is 0. The first-order valence-electron chi connectivity index (χ1n) is 7.48. The molecule has 4 aromatic rings. The number of hydrogen-bond acceptors (Lipinski definition) is 7. The Morgan fingerprint density at radius 2 is 1.54 bits per heavy atom. The summed E-state index contributed by atoms with van der Waals surface area (Å²) in [5.74, 6) is 1.71. The normalized spacial score (nSPS) is 11.0. The van der Waals surface area contributed by atoms with Gasteiger partial charge in [0.25, 0.3) is 5.22 Å². The maximum atomic E-state index is 5.97. The van der Waals surface area contributed by atoms with Crippen molar-refractivity contribution in [1.29, 1.82) is 0 Å². The van der Waals surface area contributed by atoms with E-state index in [4.69, 9.17) is 32.0 Å². The molecule has 0 saturated heterocycles. The van der Waals surface area contributed by atoms with Gasteiger partial charge in [0.2, 0.25) is 17.7 Å². The van der Waals surface area contributed by atoms with E-state index in [-0.39, 0.29) is 0 Å². The minimum absolute atomic E-state index is 0.405. The lowest BCUT2D eigenvalue weighted by Crippen LogP contribution is -1.80. The molecule has 26 heavy (non-hydrogen) atoms. The molecule has 0 unspecified atom stereocenters. The molecule has 2 aromatic carbocycles. The van der Waals surface area contributed by atoms with E-state index in [9.17, 15) is 0 Å². The van der Waals surface area contributed by atoms with E-state index in [1.54, 1.807) is 24.3 Å². The van der Waals surface area contributed by atoms with Crippen LogP contribution >= 0.6 is 35.0 Å². The predicted octanol–water partition coefficient (Wildman–Crippen LogP) is 5.39. The SMILES string of the molecule is Clc1ccc(-c2nnc(CSc3nnc(-c4cccc(Cl)c4)o3)o2)cc1. The Balaban J connectivity index is 1.43. The molecular weight excluding hydrogens is 395 g/mol. The Labute approximate surface area is 162 Å². The van der Waals surface area contributed by atoms with Crippen molar-refractivity contribution in [3.05, 3.63) is 64.5 Å². The maximum absolute atomic E-state index is 5.97. The Hall–Kier alpha value is -2.35. The van der Waals surface area contributed by atoms with Crippen LogP contribution in [0.1, 0.15) is 5.89 Å². The zero-order valence-electron chi connectivity index (χ0n) is 13.1. The van der Waals surface area contributed by atoms with Gasteiger partial charge in [-0.15, -0.1) is 20.4 Å². The van der Waals surface area contributed by atoms with Crippen molar-refractivity contribution in [2.75, 3.05) is 0 Å². The Morgan fingerprint density at radius 3 is 2.35 bits per heavy atom. The van der Waals surface area contributed by atoms with Gasteiger partial charge in [0, 0.05) is 21.2 Å². The topological polar surface area (TPSA) is 77.8 Å². The summed E-state index contributed by atoms with van der Waals surface area (Å²) < 4.78 is 11.3. The van der Waals surface area contributed by atoms with Crippen LogP contribution in [0.15, 0.2) is 62.6 Å². The molecule has 2 aromatic heterocycles. The van der Waals surface area contributed by atoms with Gasteiger partial charge in [-0.25, -0.2) is 0 Å². The quantitative estimate of drug-likeness (QED) is 0.412. The van der Waals surface area contributed by atoms with E-state index in [2.05, 4.69) is 20.4 Å². The summed E-state index contributed by atoms with van der Waals surface area (Å²) in [4.78, 5) is 0. The zero-order chi connectivity index (χ0) is 17.9. The van der Waals surface area contributed by atoms with Gasteiger partial charge in [0.15, 0.2) is 0 Å². The first kappa shape index (κ1) is 17.1. The minimum Gasteiger partial charge on any atom is -0.420 e. The van der Waals surface area contributed by atoms with Crippen molar-refractivity contribution in [2.45, 2.75) is 11.0 Å². The maximum Gasteiger partial charge on any atom is 0.277 e. The standard InChI is InChI=1S/C17H10Cl2N4O2S/c18-12-6-4-10(5-7-12)15-21-20-14(24-15)9-26-17-23-22-16(25-17)11-2-1-3-13(19)8-11/h1-8H,9H2. The average molecular weight is 405 g/mol. The molecule has 0 aliphatic carbocycles. The highest BCUT2D eigenvalue weighted by Crippen LogP contribution is 2.28. The van der Waals surface area contributed by atoms with Crippen LogP contribution in [0.25, 0.3) is 22.9 Å². The van der Waals surface area contributed by atoms with Crippen molar-refractivity contribution in [3.63, 3.8) is 0 Å². The van der Waals surface area contributed by atoms with Gasteiger partial charge in [0.1, 0.15) is 0 Å². The van der Waals surface area contributed by atoms with E-state index < -0.39 is 0 Å². The molecule has 9 heteroatoms. The molecule has 0 aliphatic rings. The molecule has 0 fully saturated rings. The number of thioether (sulfide) groups is 1. The molecule has 2 heterocycles. The average Bonchev–Trinajstić information content (AvgIpc) is 3.30. The van der Waals surface area contributed by atoms with Crippen LogP contribution in [0, 0.1) is 0 Å². The van der Waals surface area contributed by atoms with E-state index in [0.29, 0.717) is 38.7 Å². The first-order chi connectivity index (χ1) is 12.7. The van der Waals surface area contributed by atoms with Crippen molar-refractivity contribution in [3.8, 4) is 22.9 Å². The zero-order valence-corrected chi connectivity index (χ0v) is 15.4. The third-order valence-corrected chi connectivity index (χ3v) is 4.65. The molecule has 6 nitrogen and oxygen atoms in total. The summed E-state index contributed by atoms with van der Waals surface area (Å²) in [6.45, 7) is 0. The Bertz CT molecular complexity index is 1030. The third-order valence-electron chi connectivity index (χ3n) is 3.36. The van der Waals surface area contributed by atoms with E-state index in [1.165, 1.54) is 11.8 Å². The van der Waals surface area contributed by atoms with E-state index in [0.717, 1.165) is 11.1 Å². The van der Waals surface area contributed by atoms with Crippen LogP contribution < -0.4 is 0 Å². The molecule has 0 bridgehead atoms. The van der Waals surface area contributed by atoms with Gasteiger partial charge in [-0.3, -0.25) is 0 Å². The van der Waals surface area contributed by atoms with Gasteiger partial charge >= 0.3 is 0 Å². The van der Waals surface area contributed by atoms with Gasteiger partial charge in [-0.05, 0) is 42.5 Å². The highest BCUT2D eigenvalue weighted by atomic mass is 35.5. The van der Waals surface area contributed by atoms with Crippen molar-refractivity contribution < 1.29 is 8.83 Å². The Morgan fingerprint density at radius 1 is 0.769 bits per heavy atom. The molecule has 0 spiro atoms. The fourth-order valence-electron chi connectivity index (χ4n) is 2.15. The summed E-state index contributed by atoms with van der Waals surface area (Å²) in [6.07, 6.45) is 0. The molecule has 0 atom stereocenters. The van der Waals surface area contributed by atoms with Crippen LogP contribution in [-0.4, -0.2) is 20.4 Å².